The van der Waals surface area contributed by atoms with Gasteiger partial charge in [-0.2, -0.15) is 5.10 Å². The summed E-state index contributed by atoms with van der Waals surface area (Å²) in [6.07, 6.45) is 3.85. The van der Waals surface area contributed by atoms with Crippen LogP contribution in [0.25, 0.3) is 0 Å². The van der Waals surface area contributed by atoms with Crippen LogP contribution in [-0.4, -0.2) is 53.9 Å². The molecule has 1 amide bonds. The van der Waals surface area contributed by atoms with Crippen LogP contribution in [0, 0.1) is 0 Å². The van der Waals surface area contributed by atoms with E-state index in [2.05, 4.69) is 16.3 Å². The fraction of sp³-hybridized carbons (Fsp3) is 0.625. The van der Waals surface area contributed by atoms with Crippen molar-refractivity contribution in [3.8, 4) is 0 Å². The van der Waals surface area contributed by atoms with Crippen LogP contribution in [0.15, 0.2) is 11.6 Å². The molecule has 3 heterocycles. The maximum absolute atomic E-state index is 12.7. The van der Waals surface area contributed by atoms with E-state index in [4.69, 9.17) is 9.47 Å². The van der Waals surface area contributed by atoms with Gasteiger partial charge in [-0.15, -0.1) is 0 Å². The van der Waals surface area contributed by atoms with Crippen LogP contribution < -0.4 is 0 Å². The number of rotatable bonds is 3. The predicted octanol–water partition coefficient (Wildman–Crippen LogP) is 1.85. The lowest BCUT2D eigenvalue weighted by molar-refractivity contribution is -0.00701. The molecular weight excluding hydrogens is 282 g/mol. The van der Waals surface area contributed by atoms with Gasteiger partial charge in [0.15, 0.2) is 5.69 Å². The van der Waals surface area contributed by atoms with Gasteiger partial charge >= 0.3 is 0 Å². The first-order valence-electron chi connectivity index (χ1n) is 7.80. The quantitative estimate of drug-likeness (QED) is 0.865. The van der Waals surface area contributed by atoms with E-state index in [9.17, 15) is 4.79 Å². The van der Waals surface area contributed by atoms with Gasteiger partial charge in [-0.05, 0) is 25.8 Å². The van der Waals surface area contributed by atoms with E-state index in [1.54, 1.807) is 4.90 Å². The molecule has 3 rings (SSSR count). The van der Waals surface area contributed by atoms with Crippen molar-refractivity contribution in [1.29, 1.82) is 0 Å². The van der Waals surface area contributed by atoms with Gasteiger partial charge in [-0.3, -0.25) is 9.89 Å². The number of nitrogens with one attached hydrogen (secondary N) is 1. The summed E-state index contributed by atoms with van der Waals surface area (Å²) < 4.78 is 11.2. The molecule has 1 aromatic rings. The fourth-order valence-electron chi connectivity index (χ4n) is 3.13. The third-order valence-electron chi connectivity index (χ3n) is 4.21. The van der Waals surface area contributed by atoms with Crippen molar-refractivity contribution in [2.75, 3.05) is 26.8 Å². The number of carbonyl (C=O) groups is 1. The molecule has 0 aromatic carbocycles. The second kappa shape index (κ2) is 6.22. The van der Waals surface area contributed by atoms with Crippen molar-refractivity contribution in [3.63, 3.8) is 0 Å². The molecule has 0 saturated heterocycles. The lowest BCUT2D eigenvalue weighted by atomic mass is 9.99. The van der Waals surface area contributed by atoms with Crippen LogP contribution in [0.5, 0.6) is 0 Å². The molecule has 2 aliphatic heterocycles. The molecule has 2 aliphatic rings. The minimum Gasteiger partial charge on any atom is -0.377 e. The SMILES string of the molecule is C[C@@H]1Cc2c(C(=O)N(C)CC3=CCCOC3)n[nH]c2[C@H](C)O1. The molecule has 0 saturated carbocycles. The second-order valence-electron chi connectivity index (χ2n) is 6.12. The molecule has 1 N–H and O–H groups in total. The van der Waals surface area contributed by atoms with Crippen LogP contribution >= 0.6 is 0 Å². The lowest BCUT2D eigenvalue weighted by Gasteiger charge is -2.26. The van der Waals surface area contributed by atoms with Crippen molar-refractivity contribution >= 4 is 5.91 Å². The van der Waals surface area contributed by atoms with Gasteiger partial charge in [0, 0.05) is 25.6 Å². The number of hydrogen-bond acceptors (Lipinski definition) is 4. The summed E-state index contributed by atoms with van der Waals surface area (Å²) in [7, 11) is 1.81. The Morgan fingerprint density at radius 3 is 3.05 bits per heavy atom. The highest BCUT2D eigenvalue weighted by Crippen LogP contribution is 2.30. The minimum atomic E-state index is -0.0507. The molecule has 120 valence electrons. The van der Waals surface area contributed by atoms with Crippen molar-refractivity contribution in [1.82, 2.24) is 15.1 Å². The molecule has 6 heteroatoms. The largest absolute Gasteiger partial charge is 0.377 e. The van der Waals surface area contributed by atoms with E-state index in [0.717, 1.165) is 36.3 Å². The predicted molar refractivity (Wildman–Crippen MR) is 81.7 cm³/mol. The summed E-state index contributed by atoms with van der Waals surface area (Å²) in [5.74, 6) is -0.0507. The molecule has 0 bridgehead atoms. The van der Waals surface area contributed by atoms with Crippen LogP contribution in [-0.2, 0) is 15.9 Å². The highest BCUT2D eigenvalue weighted by molar-refractivity contribution is 5.94. The van der Waals surface area contributed by atoms with Crippen molar-refractivity contribution in [2.45, 2.75) is 38.9 Å². The molecule has 2 atom stereocenters. The Morgan fingerprint density at radius 1 is 1.50 bits per heavy atom. The maximum atomic E-state index is 12.7. The maximum Gasteiger partial charge on any atom is 0.274 e. The molecular formula is C16H23N3O3. The Bertz CT molecular complexity index is 593. The highest BCUT2D eigenvalue weighted by atomic mass is 16.5. The molecule has 0 aliphatic carbocycles. The first kappa shape index (κ1) is 15.2. The van der Waals surface area contributed by atoms with Gasteiger partial charge in [0.25, 0.3) is 5.91 Å². The van der Waals surface area contributed by atoms with Crippen LogP contribution in [0.4, 0.5) is 0 Å². The Kier molecular flexibility index (Phi) is 4.31. The van der Waals surface area contributed by atoms with Crippen LogP contribution in [0.2, 0.25) is 0 Å². The van der Waals surface area contributed by atoms with Gasteiger partial charge in [0.05, 0.1) is 31.1 Å². The summed E-state index contributed by atoms with van der Waals surface area (Å²) in [4.78, 5) is 14.4. The van der Waals surface area contributed by atoms with Crippen molar-refractivity contribution in [3.05, 3.63) is 28.6 Å². The number of hydrogen-bond donors (Lipinski definition) is 1. The molecule has 6 nitrogen and oxygen atoms in total. The minimum absolute atomic E-state index is 0.0486. The first-order chi connectivity index (χ1) is 10.6. The van der Waals surface area contributed by atoms with Crippen molar-refractivity contribution < 1.29 is 14.3 Å². The summed E-state index contributed by atoms with van der Waals surface area (Å²) in [6, 6.07) is 0. The number of aromatic amines is 1. The Morgan fingerprint density at radius 2 is 2.32 bits per heavy atom. The van der Waals surface area contributed by atoms with E-state index in [1.807, 2.05) is 20.9 Å². The van der Waals surface area contributed by atoms with Gasteiger partial charge in [-0.25, -0.2) is 0 Å². The highest BCUT2D eigenvalue weighted by Gasteiger charge is 2.30. The summed E-state index contributed by atoms with van der Waals surface area (Å²) in [5, 5.41) is 7.22. The Labute approximate surface area is 130 Å². The van der Waals surface area contributed by atoms with E-state index < -0.39 is 0 Å². The fourth-order valence-corrected chi connectivity index (χ4v) is 3.13. The Hall–Kier alpha value is -1.66. The molecule has 22 heavy (non-hydrogen) atoms. The Balaban J connectivity index is 1.76. The number of aromatic nitrogens is 2. The number of nitrogens with zero attached hydrogens (tertiary/aromatic N) is 2. The van der Waals surface area contributed by atoms with E-state index >= 15 is 0 Å². The van der Waals surface area contributed by atoms with Gasteiger partial charge in [-0.1, -0.05) is 6.08 Å². The number of fused-ring (bicyclic) bond motifs is 1. The zero-order valence-electron chi connectivity index (χ0n) is 13.4. The second-order valence-corrected chi connectivity index (χ2v) is 6.12. The average Bonchev–Trinajstić information content (AvgIpc) is 2.91. The normalized spacial score (nSPS) is 24.6. The zero-order valence-corrected chi connectivity index (χ0v) is 13.4. The van der Waals surface area contributed by atoms with Gasteiger partial charge in [0.2, 0.25) is 0 Å². The summed E-state index contributed by atoms with van der Waals surface area (Å²) in [5.41, 5.74) is 3.60. The van der Waals surface area contributed by atoms with E-state index in [-0.39, 0.29) is 18.1 Å². The number of likely N-dealkylation sites (N-methyl/N-ethyl adjacent to an activating group) is 1. The number of carbonyl (C=O) groups excluding carboxylic acids is 1. The molecule has 1 aromatic heterocycles. The smallest absolute Gasteiger partial charge is 0.274 e. The molecule has 0 spiro atoms. The standard InChI is InChI=1S/C16H23N3O3/c1-10-7-13-14(11(2)22-10)17-18-15(13)16(20)19(3)8-12-5-4-6-21-9-12/h5,10-11H,4,6-9H2,1-3H3,(H,17,18)/t10-,11+/m1/s1. The topological polar surface area (TPSA) is 67.5 Å². The monoisotopic (exact) mass is 305 g/mol. The van der Waals surface area contributed by atoms with E-state index in [0.29, 0.717) is 18.8 Å². The third-order valence-corrected chi connectivity index (χ3v) is 4.21. The third kappa shape index (κ3) is 2.94. The first-order valence-corrected chi connectivity index (χ1v) is 7.80. The van der Waals surface area contributed by atoms with Crippen LogP contribution in [0.3, 0.4) is 0 Å². The molecule has 0 fully saturated rings. The number of H-pyrrole nitrogens is 1. The van der Waals surface area contributed by atoms with Crippen LogP contribution in [0.1, 0.15) is 48.1 Å². The van der Waals surface area contributed by atoms with E-state index in [1.165, 1.54) is 0 Å². The zero-order chi connectivity index (χ0) is 15.7. The number of amides is 1. The molecule has 0 radical (unpaired) electrons. The molecule has 0 unspecified atom stereocenters. The average molecular weight is 305 g/mol. The summed E-state index contributed by atoms with van der Waals surface area (Å²) in [6.45, 7) is 5.97. The summed E-state index contributed by atoms with van der Waals surface area (Å²) >= 11 is 0. The lowest BCUT2D eigenvalue weighted by Crippen LogP contribution is -2.32. The van der Waals surface area contributed by atoms with Crippen molar-refractivity contribution in [2.24, 2.45) is 0 Å². The van der Waals surface area contributed by atoms with Gasteiger partial charge in [0.1, 0.15) is 0 Å². The number of ether oxygens (including phenoxy) is 2. The van der Waals surface area contributed by atoms with Gasteiger partial charge < -0.3 is 14.4 Å².